The van der Waals surface area contributed by atoms with Crippen molar-refractivity contribution in [2.45, 2.75) is 97.7 Å². The predicted molar refractivity (Wildman–Crippen MR) is 110 cm³/mol. The molecule has 7 unspecified atom stereocenters. The molecule has 6 rings (SSSR count). The van der Waals surface area contributed by atoms with Crippen LogP contribution < -0.4 is 0 Å². The van der Waals surface area contributed by atoms with Crippen LogP contribution in [0.25, 0.3) is 0 Å². The van der Waals surface area contributed by atoms with E-state index in [1.807, 2.05) is 20.8 Å². The molecule has 0 amide bonds. The molecule has 0 N–H and O–H groups in total. The zero-order chi connectivity index (χ0) is 20.6. The van der Waals surface area contributed by atoms with Gasteiger partial charge in [0.1, 0.15) is 12.2 Å². The molecule has 7 atom stereocenters. The summed E-state index contributed by atoms with van der Waals surface area (Å²) in [5, 5.41) is 0. The average Bonchev–Trinajstić information content (AvgIpc) is 3.24. The maximum atomic E-state index is 13.3. The number of rotatable bonds is 5. The van der Waals surface area contributed by atoms with Crippen molar-refractivity contribution in [2.75, 3.05) is 0 Å². The van der Waals surface area contributed by atoms with E-state index in [9.17, 15) is 9.59 Å². The first-order valence-corrected chi connectivity index (χ1v) is 12.1. The van der Waals surface area contributed by atoms with Crippen molar-refractivity contribution in [3.8, 4) is 0 Å². The molecule has 6 aliphatic rings. The summed E-state index contributed by atoms with van der Waals surface area (Å²) in [4.78, 5) is 25.9. The molecule has 0 aliphatic heterocycles. The van der Waals surface area contributed by atoms with E-state index in [1.165, 1.54) is 32.1 Å². The van der Waals surface area contributed by atoms with Crippen LogP contribution in [0.15, 0.2) is 0 Å². The number of esters is 2. The lowest BCUT2D eigenvalue weighted by molar-refractivity contribution is -0.197. The molecule has 4 nitrogen and oxygen atoms in total. The fourth-order valence-electron chi connectivity index (χ4n) is 7.99. The van der Waals surface area contributed by atoms with E-state index in [2.05, 4.69) is 6.92 Å². The molecular weight excluding hydrogens is 364 g/mol. The molecule has 0 radical (unpaired) electrons. The molecule has 0 spiro atoms. The Bertz CT molecular complexity index is 683. The minimum absolute atomic E-state index is 0.00620. The first kappa shape index (κ1) is 19.9. The summed E-state index contributed by atoms with van der Waals surface area (Å²) in [6.07, 6.45) is 10.0. The van der Waals surface area contributed by atoms with Crippen LogP contribution in [0, 0.1) is 46.3 Å². The molecule has 0 aromatic carbocycles. The Balaban J connectivity index is 1.25. The monoisotopic (exact) mass is 402 g/mol. The summed E-state index contributed by atoms with van der Waals surface area (Å²) in [7, 11) is 0. The third-order valence-corrected chi connectivity index (χ3v) is 9.56. The van der Waals surface area contributed by atoms with Crippen molar-refractivity contribution in [3.05, 3.63) is 0 Å². The second-order valence-electron chi connectivity index (χ2n) is 12.1. The van der Waals surface area contributed by atoms with Gasteiger partial charge in [-0.25, -0.2) is 0 Å². The zero-order valence-corrected chi connectivity index (χ0v) is 18.6. The topological polar surface area (TPSA) is 52.6 Å². The van der Waals surface area contributed by atoms with Gasteiger partial charge < -0.3 is 9.47 Å². The van der Waals surface area contributed by atoms with Gasteiger partial charge in [-0.3, -0.25) is 9.59 Å². The number of hydrogen-bond donors (Lipinski definition) is 0. The Morgan fingerprint density at radius 2 is 1.62 bits per heavy atom. The van der Waals surface area contributed by atoms with Gasteiger partial charge in [-0.2, -0.15) is 0 Å². The number of carbonyl (C=O) groups is 2. The summed E-state index contributed by atoms with van der Waals surface area (Å²) in [5.74, 6) is 2.79. The molecule has 0 aromatic rings. The lowest BCUT2D eigenvalue weighted by atomic mass is 9.49. The summed E-state index contributed by atoms with van der Waals surface area (Å²) >= 11 is 0. The Kier molecular flexibility index (Phi) is 4.61. The van der Waals surface area contributed by atoms with Crippen LogP contribution in [0.2, 0.25) is 0 Å². The predicted octanol–water partition coefficient (Wildman–Crippen LogP) is 5.14. The second-order valence-corrected chi connectivity index (χ2v) is 12.1. The van der Waals surface area contributed by atoms with Crippen LogP contribution in [0.5, 0.6) is 0 Å². The third-order valence-electron chi connectivity index (χ3n) is 9.56. The minimum atomic E-state index is -0.452. The van der Waals surface area contributed by atoms with Crippen molar-refractivity contribution in [2.24, 2.45) is 46.3 Å². The van der Waals surface area contributed by atoms with Gasteiger partial charge in [-0.05, 0) is 95.3 Å². The molecule has 0 heterocycles. The molecule has 162 valence electrons. The maximum Gasteiger partial charge on any atom is 0.311 e. The summed E-state index contributed by atoms with van der Waals surface area (Å²) < 4.78 is 12.3. The van der Waals surface area contributed by atoms with E-state index in [0.717, 1.165) is 37.5 Å². The van der Waals surface area contributed by atoms with Gasteiger partial charge in [0.05, 0.1) is 11.3 Å². The maximum absolute atomic E-state index is 13.3. The highest BCUT2D eigenvalue weighted by Gasteiger charge is 2.58. The van der Waals surface area contributed by atoms with Crippen molar-refractivity contribution >= 4 is 11.9 Å². The zero-order valence-electron chi connectivity index (χ0n) is 18.6. The van der Waals surface area contributed by atoms with Gasteiger partial charge in [0.25, 0.3) is 0 Å². The van der Waals surface area contributed by atoms with Gasteiger partial charge >= 0.3 is 11.9 Å². The fourth-order valence-corrected chi connectivity index (χ4v) is 7.99. The summed E-state index contributed by atoms with van der Waals surface area (Å²) in [5.41, 5.74) is -0.258. The molecule has 6 aliphatic carbocycles. The standard InChI is InChI=1S/C25H38O4/c1-5-24(2,3)23(27)28-20-11-14-9-18(20)19(10-14)22(26)29-21-17-7-15-6-16(8-17)13-25(21,4)12-15/h14-21H,5-13H2,1-4H3. The van der Waals surface area contributed by atoms with Crippen molar-refractivity contribution < 1.29 is 19.1 Å². The van der Waals surface area contributed by atoms with E-state index in [1.54, 1.807) is 0 Å². The summed E-state index contributed by atoms with van der Waals surface area (Å²) in [6.45, 7) is 8.28. The average molecular weight is 403 g/mol. The van der Waals surface area contributed by atoms with Gasteiger partial charge in [0.15, 0.2) is 0 Å². The van der Waals surface area contributed by atoms with Crippen LogP contribution in [0.1, 0.15) is 85.5 Å². The summed E-state index contributed by atoms with van der Waals surface area (Å²) in [6, 6.07) is 0. The molecule has 0 aromatic heterocycles. The highest BCUT2D eigenvalue weighted by atomic mass is 16.6. The quantitative estimate of drug-likeness (QED) is 0.598. The highest BCUT2D eigenvalue weighted by molar-refractivity contribution is 5.77. The SMILES string of the molecule is CCC(C)(C)C(=O)OC1CC2CC(C(=O)OC3C4CC5CC(C4)CC3(C)C5)C1C2. The molecule has 4 heteroatoms. The van der Waals surface area contributed by atoms with Crippen LogP contribution in [0.4, 0.5) is 0 Å². The highest BCUT2D eigenvalue weighted by Crippen LogP contribution is 2.61. The number of ether oxygens (including phenoxy) is 2. The molecule has 0 saturated heterocycles. The number of hydrogen-bond acceptors (Lipinski definition) is 4. The molecule has 6 saturated carbocycles. The van der Waals surface area contributed by atoms with E-state index in [4.69, 9.17) is 9.47 Å². The third kappa shape index (κ3) is 3.24. The van der Waals surface area contributed by atoms with Gasteiger partial charge in [-0.1, -0.05) is 13.8 Å². The van der Waals surface area contributed by atoms with E-state index < -0.39 is 5.41 Å². The smallest absolute Gasteiger partial charge is 0.311 e. The lowest BCUT2D eigenvalue weighted by Crippen LogP contribution is -2.56. The Morgan fingerprint density at radius 1 is 0.931 bits per heavy atom. The first-order chi connectivity index (χ1) is 13.7. The molecule has 6 fully saturated rings. The van der Waals surface area contributed by atoms with Gasteiger partial charge in [-0.15, -0.1) is 0 Å². The van der Waals surface area contributed by atoms with Crippen LogP contribution >= 0.6 is 0 Å². The largest absolute Gasteiger partial charge is 0.462 e. The van der Waals surface area contributed by atoms with Gasteiger partial charge in [0, 0.05) is 11.3 Å². The molecule has 6 bridgehead atoms. The Hall–Kier alpha value is -1.06. The van der Waals surface area contributed by atoms with E-state index in [0.29, 0.717) is 11.8 Å². The lowest BCUT2D eigenvalue weighted by Gasteiger charge is -2.59. The van der Waals surface area contributed by atoms with Gasteiger partial charge in [0.2, 0.25) is 0 Å². The van der Waals surface area contributed by atoms with Crippen LogP contribution in [-0.2, 0) is 19.1 Å². The minimum Gasteiger partial charge on any atom is -0.462 e. The Morgan fingerprint density at radius 3 is 2.21 bits per heavy atom. The van der Waals surface area contributed by atoms with E-state index >= 15 is 0 Å². The molecular formula is C25H38O4. The van der Waals surface area contributed by atoms with E-state index in [-0.39, 0.29) is 41.4 Å². The normalized spacial score (nSPS) is 47.4. The van der Waals surface area contributed by atoms with Crippen molar-refractivity contribution in [3.63, 3.8) is 0 Å². The first-order valence-electron chi connectivity index (χ1n) is 12.1. The van der Waals surface area contributed by atoms with Crippen molar-refractivity contribution in [1.82, 2.24) is 0 Å². The number of fused-ring (bicyclic) bond motifs is 2. The Labute approximate surface area is 175 Å². The van der Waals surface area contributed by atoms with Crippen LogP contribution in [0.3, 0.4) is 0 Å². The molecule has 29 heavy (non-hydrogen) atoms. The second kappa shape index (κ2) is 6.72. The fraction of sp³-hybridized carbons (Fsp3) is 0.920. The van der Waals surface area contributed by atoms with Crippen molar-refractivity contribution in [1.29, 1.82) is 0 Å². The number of carbonyl (C=O) groups excluding carboxylic acids is 2. The van der Waals surface area contributed by atoms with Crippen LogP contribution in [-0.4, -0.2) is 24.1 Å².